The van der Waals surface area contributed by atoms with Gasteiger partial charge in [0.25, 0.3) is 5.91 Å². The molecule has 1 saturated heterocycles. The number of piperidine rings is 1. The molecule has 1 amide bonds. The van der Waals surface area contributed by atoms with Gasteiger partial charge in [-0.25, -0.2) is 4.39 Å². The fraction of sp³-hybridized carbons (Fsp3) is 0.269. The van der Waals surface area contributed by atoms with Gasteiger partial charge in [0.05, 0.1) is 0 Å². The normalized spacial score (nSPS) is 15.1. The van der Waals surface area contributed by atoms with Crippen molar-refractivity contribution in [1.82, 2.24) is 4.90 Å². The highest BCUT2D eigenvalue weighted by atomic mass is 19.1. The third-order valence-corrected chi connectivity index (χ3v) is 5.77. The standard InChI is InChI=1S/C26H27FN2O/c27-24-9-11-25(12-10-24)28-26(30)23-8-4-7-22(18-23)19-29-15-13-21(14-16-29)17-20-5-2-1-3-6-20/h1-12,18,21H,13-17,19H2,(H,28,30). The van der Waals surface area contributed by atoms with Crippen molar-refractivity contribution in [2.75, 3.05) is 18.4 Å². The number of amides is 1. The van der Waals surface area contributed by atoms with Gasteiger partial charge in [-0.2, -0.15) is 0 Å². The third kappa shape index (κ3) is 5.55. The van der Waals surface area contributed by atoms with Gasteiger partial charge in [0.1, 0.15) is 5.82 Å². The van der Waals surface area contributed by atoms with Crippen molar-refractivity contribution in [1.29, 1.82) is 0 Å². The van der Waals surface area contributed by atoms with E-state index in [1.54, 1.807) is 12.1 Å². The summed E-state index contributed by atoms with van der Waals surface area (Å²) in [5, 5.41) is 2.83. The number of carbonyl (C=O) groups excluding carboxylic acids is 1. The Morgan fingerprint density at radius 3 is 2.33 bits per heavy atom. The summed E-state index contributed by atoms with van der Waals surface area (Å²) in [5.41, 5.74) is 3.78. The number of hydrogen-bond acceptors (Lipinski definition) is 2. The molecular weight excluding hydrogens is 375 g/mol. The van der Waals surface area contributed by atoms with E-state index in [2.05, 4.69) is 46.6 Å². The monoisotopic (exact) mass is 402 g/mol. The molecule has 0 unspecified atom stereocenters. The first-order valence-corrected chi connectivity index (χ1v) is 10.6. The Balaban J connectivity index is 1.30. The second-order valence-corrected chi connectivity index (χ2v) is 8.07. The Morgan fingerprint density at radius 1 is 0.900 bits per heavy atom. The molecule has 0 spiro atoms. The third-order valence-electron chi connectivity index (χ3n) is 5.77. The van der Waals surface area contributed by atoms with Crippen molar-refractivity contribution in [2.45, 2.75) is 25.8 Å². The SMILES string of the molecule is O=C(Nc1ccc(F)cc1)c1cccc(CN2CCC(Cc3ccccc3)CC2)c1. The summed E-state index contributed by atoms with van der Waals surface area (Å²) < 4.78 is 13.0. The molecule has 3 aromatic rings. The first-order valence-electron chi connectivity index (χ1n) is 10.6. The molecule has 0 atom stereocenters. The molecule has 0 aromatic heterocycles. The molecular formula is C26H27FN2O. The predicted molar refractivity (Wildman–Crippen MR) is 119 cm³/mol. The fourth-order valence-corrected chi connectivity index (χ4v) is 4.10. The van der Waals surface area contributed by atoms with Gasteiger partial charge in [0.2, 0.25) is 0 Å². The average Bonchev–Trinajstić information content (AvgIpc) is 2.78. The number of nitrogens with zero attached hydrogens (tertiary/aromatic N) is 1. The van der Waals surface area contributed by atoms with Crippen LogP contribution in [-0.4, -0.2) is 23.9 Å². The van der Waals surface area contributed by atoms with Gasteiger partial charge in [-0.05, 0) is 85.8 Å². The lowest BCUT2D eigenvalue weighted by atomic mass is 9.90. The summed E-state index contributed by atoms with van der Waals surface area (Å²) in [4.78, 5) is 15.0. The summed E-state index contributed by atoms with van der Waals surface area (Å²) in [7, 11) is 0. The Hall–Kier alpha value is -2.98. The highest BCUT2D eigenvalue weighted by Gasteiger charge is 2.19. The summed E-state index contributed by atoms with van der Waals surface area (Å²) in [6.07, 6.45) is 3.58. The lowest BCUT2D eigenvalue weighted by Gasteiger charge is -2.32. The Kier molecular flexibility index (Phi) is 6.55. The van der Waals surface area contributed by atoms with Crippen LogP contribution in [-0.2, 0) is 13.0 Å². The minimum atomic E-state index is -0.317. The van der Waals surface area contributed by atoms with E-state index >= 15 is 0 Å². The van der Waals surface area contributed by atoms with E-state index in [4.69, 9.17) is 0 Å². The minimum absolute atomic E-state index is 0.176. The molecule has 0 aliphatic carbocycles. The number of anilines is 1. The largest absolute Gasteiger partial charge is 0.322 e. The Labute approximate surface area is 177 Å². The molecule has 4 heteroatoms. The van der Waals surface area contributed by atoms with Crippen molar-refractivity contribution < 1.29 is 9.18 Å². The van der Waals surface area contributed by atoms with Gasteiger partial charge in [-0.3, -0.25) is 9.69 Å². The van der Waals surface area contributed by atoms with Crippen LogP contribution in [0.5, 0.6) is 0 Å². The van der Waals surface area contributed by atoms with E-state index in [9.17, 15) is 9.18 Å². The summed E-state index contributed by atoms with van der Waals surface area (Å²) >= 11 is 0. The van der Waals surface area contributed by atoms with Gasteiger partial charge in [-0.15, -0.1) is 0 Å². The molecule has 3 aromatic carbocycles. The quantitative estimate of drug-likeness (QED) is 0.588. The Morgan fingerprint density at radius 2 is 1.60 bits per heavy atom. The molecule has 30 heavy (non-hydrogen) atoms. The van der Waals surface area contributed by atoms with Crippen molar-refractivity contribution >= 4 is 11.6 Å². The van der Waals surface area contributed by atoms with E-state index in [0.717, 1.165) is 37.5 Å². The summed E-state index contributed by atoms with van der Waals surface area (Å²) in [6.45, 7) is 3.03. The van der Waals surface area contributed by atoms with Crippen LogP contribution in [0.4, 0.5) is 10.1 Å². The highest BCUT2D eigenvalue weighted by Crippen LogP contribution is 2.23. The Bertz CT molecular complexity index is 964. The van der Waals surface area contributed by atoms with Crippen LogP contribution >= 0.6 is 0 Å². The van der Waals surface area contributed by atoms with Crippen LogP contribution in [0, 0.1) is 11.7 Å². The van der Waals surface area contributed by atoms with E-state index in [1.165, 1.54) is 30.5 Å². The zero-order valence-electron chi connectivity index (χ0n) is 17.1. The number of nitrogens with one attached hydrogen (secondary N) is 1. The van der Waals surface area contributed by atoms with Crippen molar-refractivity contribution in [3.63, 3.8) is 0 Å². The zero-order valence-corrected chi connectivity index (χ0v) is 17.1. The maximum atomic E-state index is 13.0. The van der Waals surface area contributed by atoms with Gasteiger partial charge in [0.15, 0.2) is 0 Å². The molecule has 0 bridgehead atoms. The average molecular weight is 403 g/mol. The number of rotatable bonds is 6. The lowest BCUT2D eigenvalue weighted by molar-refractivity contribution is 0.102. The number of carbonyl (C=O) groups is 1. The van der Waals surface area contributed by atoms with Crippen molar-refractivity contribution in [3.05, 3.63) is 101 Å². The zero-order chi connectivity index (χ0) is 20.8. The molecule has 1 aliphatic heterocycles. The van der Waals surface area contributed by atoms with E-state index in [0.29, 0.717) is 11.3 Å². The number of benzene rings is 3. The van der Waals surface area contributed by atoms with E-state index in [-0.39, 0.29) is 11.7 Å². The molecule has 4 rings (SSSR count). The molecule has 154 valence electrons. The molecule has 3 nitrogen and oxygen atoms in total. The smallest absolute Gasteiger partial charge is 0.255 e. The lowest BCUT2D eigenvalue weighted by Crippen LogP contribution is -2.33. The van der Waals surface area contributed by atoms with Crippen LogP contribution < -0.4 is 5.32 Å². The number of halogens is 1. The molecule has 1 fully saturated rings. The van der Waals surface area contributed by atoms with E-state index < -0.39 is 0 Å². The number of likely N-dealkylation sites (tertiary alicyclic amines) is 1. The van der Waals surface area contributed by atoms with Crippen molar-refractivity contribution in [2.24, 2.45) is 5.92 Å². The van der Waals surface area contributed by atoms with Gasteiger partial charge < -0.3 is 5.32 Å². The maximum Gasteiger partial charge on any atom is 0.255 e. The van der Waals surface area contributed by atoms with Crippen LogP contribution in [0.2, 0.25) is 0 Å². The van der Waals surface area contributed by atoms with Crippen LogP contribution in [0.1, 0.15) is 34.3 Å². The van der Waals surface area contributed by atoms with Gasteiger partial charge in [0, 0.05) is 17.8 Å². The fourth-order valence-electron chi connectivity index (χ4n) is 4.10. The molecule has 1 heterocycles. The van der Waals surface area contributed by atoms with Crippen LogP contribution in [0.15, 0.2) is 78.9 Å². The second kappa shape index (κ2) is 9.68. The highest BCUT2D eigenvalue weighted by molar-refractivity contribution is 6.04. The van der Waals surface area contributed by atoms with Crippen molar-refractivity contribution in [3.8, 4) is 0 Å². The van der Waals surface area contributed by atoms with Crippen LogP contribution in [0.3, 0.4) is 0 Å². The molecule has 1 aliphatic rings. The molecule has 1 N–H and O–H groups in total. The topological polar surface area (TPSA) is 32.3 Å². The van der Waals surface area contributed by atoms with Gasteiger partial charge >= 0.3 is 0 Å². The second-order valence-electron chi connectivity index (χ2n) is 8.07. The molecule has 0 radical (unpaired) electrons. The molecule has 0 saturated carbocycles. The summed E-state index contributed by atoms with van der Waals surface area (Å²) in [5.74, 6) is 0.254. The first kappa shape index (κ1) is 20.3. The minimum Gasteiger partial charge on any atom is -0.322 e. The van der Waals surface area contributed by atoms with E-state index in [1.807, 2.05) is 18.2 Å². The number of hydrogen-bond donors (Lipinski definition) is 1. The summed E-state index contributed by atoms with van der Waals surface area (Å²) in [6, 6.07) is 24.3. The predicted octanol–water partition coefficient (Wildman–Crippen LogP) is 5.53. The van der Waals surface area contributed by atoms with Gasteiger partial charge in [-0.1, -0.05) is 42.5 Å². The van der Waals surface area contributed by atoms with Crippen LogP contribution in [0.25, 0.3) is 0 Å². The first-order chi connectivity index (χ1) is 14.7. The maximum absolute atomic E-state index is 13.0.